The molecule has 2 aromatic heterocycles. The zero-order chi connectivity index (χ0) is 14.9. The molecule has 2 fully saturated rings. The predicted molar refractivity (Wildman–Crippen MR) is 78.5 cm³/mol. The molecule has 2 N–H and O–H groups in total. The van der Waals surface area contributed by atoms with Crippen molar-refractivity contribution in [2.24, 2.45) is 11.8 Å². The van der Waals surface area contributed by atoms with Gasteiger partial charge in [-0.25, -0.2) is 9.97 Å². The molecule has 1 saturated carbocycles. The third kappa shape index (κ3) is 1.70. The summed E-state index contributed by atoms with van der Waals surface area (Å²) in [5.41, 5.74) is 7.11. The number of hydrogen-bond acceptors (Lipinski definition) is 6. The summed E-state index contributed by atoms with van der Waals surface area (Å²) in [7, 11) is 0. The molecule has 0 bridgehead atoms. The summed E-state index contributed by atoms with van der Waals surface area (Å²) in [6.07, 6.45) is 0.708. The highest BCUT2D eigenvalue weighted by molar-refractivity contribution is 7.18. The van der Waals surface area contributed by atoms with Gasteiger partial charge >= 0.3 is 0 Å². The van der Waals surface area contributed by atoms with Crippen LogP contribution >= 0.6 is 11.3 Å². The van der Waals surface area contributed by atoms with E-state index in [1.165, 1.54) is 4.90 Å². The first-order chi connectivity index (χ1) is 9.97. The molecule has 1 saturated heterocycles. The van der Waals surface area contributed by atoms with Crippen LogP contribution in [0.2, 0.25) is 0 Å². The summed E-state index contributed by atoms with van der Waals surface area (Å²) in [4.78, 5) is 36.0. The molecule has 2 unspecified atom stereocenters. The van der Waals surface area contributed by atoms with Crippen LogP contribution in [0.4, 0.5) is 5.82 Å². The topological polar surface area (TPSA) is 89.2 Å². The number of amides is 2. The van der Waals surface area contributed by atoms with E-state index in [1.54, 1.807) is 11.3 Å². The van der Waals surface area contributed by atoms with E-state index in [9.17, 15) is 9.59 Å². The first kappa shape index (κ1) is 12.7. The lowest BCUT2D eigenvalue weighted by Gasteiger charge is -2.15. The van der Waals surface area contributed by atoms with Crippen molar-refractivity contribution in [3.63, 3.8) is 0 Å². The van der Waals surface area contributed by atoms with Gasteiger partial charge in [0.05, 0.1) is 23.8 Å². The highest BCUT2D eigenvalue weighted by Crippen LogP contribution is 2.47. The summed E-state index contributed by atoms with van der Waals surface area (Å²) >= 11 is 1.56. The van der Waals surface area contributed by atoms with Crippen LogP contribution in [0.25, 0.3) is 10.2 Å². The van der Waals surface area contributed by atoms with E-state index in [0.717, 1.165) is 20.7 Å². The maximum absolute atomic E-state index is 12.0. The van der Waals surface area contributed by atoms with Crippen LogP contribution in [-0.4, -0.2) is 26.7 Å². The number of fused-ring (bicyclic) bond motifs is 2. The van der Waals surface area contributed by atoms with Gasteiger partial charge in [0.1, 0.15) is 10.6 Å². The molecule has 0 aromatic carbocycles. The molecule has 2 aliphatic rings. The summed E-state index contributed by atoms with van der Waals surface area (Å²) in [6.45, 7) is 4.14. The maximum atomic E-state index is 12.0. The molecule has 21 heavy (non-hydrogen) atoms. The normalized spacial score (nSPS) is 24.0. The number of thiophene rings is 1. The number of imide groups is 1. The van der Waals surface area contributed by atoms with Crippen LogP contribution in [-0.2, 0) is 16.1 Å². The van der Waals surface area contributed by atoms with E-state index in [0.29, 0.717) is 18.1 Å². The Hall–Kier alpha value is -2.02. The van der Waals surface area contributed by atoms with E-state index in [4.69, 9.17) is 5.73 Å². The van der Waals surface area contributed by atoms with Crippen molar-refractivity contribution in [2.75, 3.05) is 5.73 Å². The zero-order valence-electron chi connectivity index (χ0n) is 11.7. The number of rotatable bonds is 2. The van der Waals surface area contributed by atoms with E-state index in [-0.39, 0.29) is 30.2 Å². The van der Waals surface area contributed by atoms with E-state index < -0.39 is 0 Å². The molecular weight excluding hydrogens is 288 g/mol. The van der Waals surface area contributed by atoms with Crippen LogP contribution < -0.4 is 5.73 Å². The highest BCUT2D eigenvalue weighted by atomic mass is 32.1. The van der Waals surface area contributed by atoms with E-state index in [2.05, 4.69) is 9.97 Å². The monoisotopic (exact) mass is 302 g/mol. The number of carbonyl (C=O) groups is 2. The van der Waals surface area contributed by atoms with Gasteiger partial charge < -0.3 is 5.73 Å². The number of likely N-dealkylation sites (tertiary alicyclic amines) is 1. The quantitative estimate of drug-likeness (QED) is 0.847. The van der Waals surface area contributed by atoms with E-state index in [1.807, 2.05) is 13.8 Å². The second-order valence-electron chi connectivity index (χ2n) is 5.70. The lowest BCUT2D eigenvalue weighted by molar-refractivity contribution is -0.142. The number of anilines is 1. The van der Waals surface area contributed by atoms with Crippen LogP contribution in [0.3, 0.4) is 0 Å². The lowest BCUT2D eigenvalue weighted by atomic mass is 10.2. The van der Waals surface area contributed by atoms with Crippen LogP contribution in [0, 0.1) is 25.7 Å². The number of nitrogens with zero attached hydrogens (tertiary/aromatic N) is 3. The van der Waals surface area contributed by atoms with Crippen molar-refractivity contribution < 1.29 is 9.59 Å². The fourth-order valence-electron chi connectivity index (χ4n) is 2.94. The number of hydrogen-bond donors (Lipinski definition) is 1. The van der Waals surface area contributed by atoms with Crippen molar-refractivity contribution in [1.29, 1.82) is 0 Å². The first-order valence-electron chi connectivity index (χ1n) is 6.84. The number of aryl methyl sites for hydroxylation is 2. The number of nitrogens with two attached hydrogens (primary N) is 1. The van der Waals surface area contributed by atoms with Gasteiger partial charge in [-0.3, -0.25) is 14.5 Å². The van der Waals surface area contributed by atoms with Gasteiger partial charge in [0, 0.05) is 4.88 Å². The summed E-state index contributed by atoms with van der Waals surface area (Å²) < 4.78 is 0. The number of aromatic nitrogens is 2. The zero-order valence-corrected chi connectivity index (χ0v) is 12.5. The smallest absolute Gasteiger partial charge is 0.233 e. The van der Waals surface area contributed by atoms with Crippen molar-refractivity contribution in [2.45, 2.75) is 26.8 Å². The molecule has 1 aliphatic carbocycles. The first-order valence-corrected chi connectivity index (χ1v) is 7.66. The Morgan fingerprint density at radius 1 is 1.24 bits per heavy atom. The van der Waals surface area contributed by atoms with Crippen molar-refractivity contribution in [3.8, 4) is 0 Å². The van der Waals surface area contributed by atoms with Gasteiger partial charge in [0.25, 0.3) is 0 Å². The third-order valence-electron chi connectivity index (χ3n) is 4.36. The van der Waals surface area contributed by atoms with Crippen molar-refractivity contribution >= 4 is 39.2 Å². The van der Waals surface area contributed by atoms with Crippen molar-refractivity contribution in [1.82, 2.24) is 14.9 Å². The third-order valence-corrected chi connectivity index (χ3v) is 5.46. The Kier molecular flexibility index (Phi) is 2.42. The molecular formula is C14H14N4O2S. The Morgan fingerprint density at radius 2 is 1.90 bits per heavy atom. The fraction of sp³-hybridized carbons (Fsp3) is 0.429. The standard InChI is InChI=1S/C14H14N4O2S/c1-5-6(2)21-12-10(5)11(15)16-9(17-12)4-18-13(19)7-3-8(7)14(18)20/h7-8H,3-4H2,1-2H3,(H2,15,16,17). The molecule has 3 heterocycles. The minimum absolute atomic E-state index is 0.0918. The predicted octanol–water partition coefficient (Wildman–Crippen LogP) is 1.40. The molecule has 108 valence electrons. The van der Waals surface area contributed by atoms with Gasteiger partial charge in [-0.15, -0.1) is 11.3 Å². The second-order valence-corrected chi connectivity index (χ2v) is 6.90. The average Bonchev–Trinajstić information content (AvgIpc) is 3.12. The van der Waals surface area contributed by atoms with Crippen LogP contribution in [0.5, 0.6) is 0 Å². The second kappa shape index (κ2) is 4.00. The minimum atomic E-state index is -0.0928. The van der Waals surface area contributed by atoms with Crippen molar-refractivity contribution in [3.05, 3.63) is 16.3 Å². The van der Waals surface area contributed by atoms with Crippen LogP contribution in [0.1, 0.15) is 22.7 Å². The fourth-order valence-corrected chi connectivity index (χ4v) is 4.00. The summed E-state index contributed by atoms with van der Waals surface area (Å²) in [5.74, 6) is 0.483. The Morgan fingerprint density at radius 3 is 2.57 bits per heavy atom. The summed E-state index contributed by atoms with van der Waals surface area (Å²) in [5, 5.41) is 0.878. The number of carbonyl (C=O) groups excluding carboxylic acids is 2. The molecule has 2 aromatic rings. The maximum Gasteiger partial charge on any atom is 0.233 e. The minimum Gasteiger partial charge on any atom is -0.383 e. The SMILES string of the molecule is Cc1sc2nc(CN3C(=O)C4CC4C3=O)nc(N)c2c1C. The summed E-state index contributed by atoms with van der Waals surface area (Å²) in [6, 6.07) is 0. The molecule has 1 aliphatic heterocycles. The molecule has 2 amide bonds. The molecule has 0 spiro atoms. The Bertz CT molecular complexity index is 793. The Balaban J connectivity index is 1.71. The molecule has 4 rings (SSSR count). The van der Waals surface area contributed by atoms with Gasteiger partial charge in [-0.1, -0.05) is 0 Å². The average molecular weight is 302 g/mol. The van der Waals surface area contributed by atoms with Gasteiger partial charge in [0.15, 0.2) is 5.82 Å². The van der Waals surface area contributed by atoms with E-state index >= 15 is 0 Å². The molecule has 0 radical (unpaired) electrons. The number of piperidine rings is 1. The van der Waals surface area contributed by atoms with Crippen LogP contribution in [0.15, 0.2) is 0 Å². The van der Waals surface area contributed by atoms with Gasteiger partial charge in [-0.2, -0.15) is 0 Å². The number of nitrogen functional groups attached to an aromatic ring is 1. The van der Waals surface area contributed by atoms with Gasteiger partial charge in [0.2, 0.25) is 11.8 Å². The molecule has 7 heteroatoms. The molecule has 2 atom stereocenters. The largest absolute Gasteiger partial charge is 0.383 e. The lowest BCUT2D eigenvalue weighted by Crippen LogP contribution is -2.33. The molecule has 6 nitrogen and oxygen atoms in total. The van der Waals surface area contributed by atoms with Gasteiger partial charge in [-0.05, 0) is 25.8 Å². The highest BCUT2D eigenvalue weighted by Gasteiger charge is 2.58. The Labute approximate surface area is 125 Å².